The van der Waals surface area contributed by atoms with Gasteiger partial charge in [-0.3, -0.25) is 9.89 Å². The molecule has 0 saturated carbocycles. The normalized spacial score (nSPS) is 17.3. The molecule has 0 unspecified atom stereocenters. The molecule has 1 amide bonds. The zero-order valence-electron chi connectivity index (χ0n) is 19.4. The molecular weight excluding hydrogens is 471 g/mol. The predicted octanol–water partition coefficient (Wildman–Crippen LogP) is 2.30. The van der Waals surface area contributed by atoms with E-state index in [0.29, 0.717) is 17.5 Å². The van der Waals surface area contributed by atoms with Crippen LogP contribution in [0.4, 0.5) is 15.9 Å². The molecule has 3 aromatic rings. The maximum atomic E-state index is 14.2. The van der Waals surface area contributed by atoms with E-state index in [1.165, 1.54) is 22.5 Å². The van der Waals surface area contributed by atoms with Gasteiger partial charge in [0.1, 0.15) is 10.7 Å². The second kappa shape index (κ2) is 9.40. The van der Waals surface area contributed by atoms with Gasteiger partial charge in [0.2, 0.25) is 10.0 Å². The van der Waals surface area contributed by atoms with Crippen molar-refractivity contribution in [3.05, 3.63) is 71.2 Å². The lowest BCUT2D eigenvalue weighted by Gasteiger charge is -2.34. The van der Waals surface area contributed by atoms with Crippen molar-refractivity contribution < 1.29 is 17.6 Å². The molecule has 0 atom stereocenters. The Morgan fingerprint density at radius 1 is 1.03 bits per heavy atom. The van der Waals surface area contributed by atoms with E-state index >= 15 is 0 Å². The fraction of sp³-hybridized carbons (Fsp3) is 0.333. The number of amides is 1. The number of fused-ring (bicyclic) bond motifs is 1. The molecule has 2 N–H and O–H groups in total. The van der Waals surface area contributed by atoms with E-state index in [9.17, 15) is 17.6 Å². The number of aromatic amines is 1. The number of hydrogen-bond donors (Lipinski definition) is 2. The zero-order valence-corrected chi connectivity index (χ0v) is 20.2. The van der Waals surface area contributed by atoms with E-state index < -0.39 is 15.8 Å². The number of H-pyrrole nitrogens is 1. The highest BCUT2D eigenvalue weighted by atomic mass is 32.2. The summed E-state index contributed by atoms with van der Waals surface area (Å²) in [4.78, 5) is 17.1. The number of rotatable bonds is 5. The van der Waals surface area contributed by atoms with E-state index in [4.69, 9.17) is 0 Å². The molecule has 3 heterocycles. The van der Waals surface area contributed by atoms with E-state index in [1.807, 2.05) is 12.1 Å². The van der Waals surface area contributed by atoms with Crippen LogP contribution in [0.3, 0.4) is 0 Å². The molecule has 1 saturated heterocycles. The van der Waals surface area contributed by atoms with Crippen LogP contribution >= 0.6 is 0 Å². The van der Waals surface area contributed by atoms with Crippen molar-refractivity contribution in [2.75, 3.05) is 50.0 Å². The third-order valence-electron chi connectivity index (χ3n) is 6.58. The van der Waals surface area contributed by atoms with Gasteiger partial charge < -0.3 is 15.1 Å². The number of anilines is 2. The molecule has 2 aromatic carbocycles. The number of carbonyl (C=O) groups excluding carboxylic acids is 1. The summed E-state index contributed by atoms with van der Waals surface area (Å²) in [5, 5.41) is 9.89. The molecule has 1 fully saturated rings. The lowest BCUT2D eigenvalue weighted by Crippen LogP contribution is -2.44. The number of benzene rings is 2. The minimum Gasteiger partial charge on any atom is -0.369 e. The third-order valence-corrected chi connectivity index (χ3v) is 8.46. The number of sulfonamides is 1. The first-order valence-corrected chi connectivity index (χ1v) is 12.9. The van der Waals surface area contributed by atoms with Crippen LogP contribution in [0.1, 0.15) is 21.6 Å². The van der Waals surface area contributed by atoms with Crippen molar-refractivity contribution in [2.24, 2.45) is 0 Å². The number of nitrogens with zero attached hydrogens (tertiary/aromatic N) is 4. The first-order valence-electron chi connectivity index (χ1n) is 11.5. The molecule has 0 aliphatic carbocycles. The number of carbonyl (C=O) groups is 1. The molecule has 9 nitrogen and oxygen atoms in total. The fourth-order valence-corrected chi connectivity index (χ4v) is 5.91. The second-order valence-corrected chi connectivity index (χ2v) is 10.7. The second-order valence-electron chi connectivity index (χ2n) is 8.84. The Morgan fingerprint density at radius 3 is 2.46 bits per heavy atom. The molecule has 2 aliphatic rings. The van der Waals surface area contributed by atoms with E-state index in [2.05, 4.69) is 32.4 Å². The molecule has 0 spiro atoms. The van der Waals surface area contributed by atoms with Gasteiger partial charge >= 0.3 is 0 Å². The van der Waals surface area contributed by atoms with Gasteiger partial charge in [-0.25, -0.2) is 12.8 Å². The van der Waals surface area contributed by atoms with Crippen molar-refractivity contribution in [1.82, 2.24) is 19.4 Å². The number of aromatic nitrogens is 2. The topological polar surface area (TPSA) is 102 Å². The maximum absolute atomic E-state index is 14.2. The molecule has 184 valence electrons. The highest BCUT2D eigenvalue weighted by Gasteiger charge is 2.33. The van der Waals surface area contributed by atoms with Crippen LogP contribution in [-0.4, -0.2) is 73.5 Å². The van der Waals surface area contributed by atoms with Crippen LogP contribution in [-0.2, 0) is 23.0 Å². The average Bonchev–Trinajstić information content (AvgIpc) is 3.26. The number of piperazine rings is 1. The van der Waals surface area contributed by atoms with Crippen molar-refractivity contribution in [1.29, 1.82) is 0 Å². The van der Waals surface area contributed by atoms with Gasteiger partial charge in [0, 0.05) is 68.2 Å². The lowest BCUT2D eigenvalue weighted by atomic mass is 10.1. The Balaban J connectivity index is 1.30. The Morgan fingerprint density at radius 2 is 1.74 bits per heavy atom. The number of hydrogen-bond acceptors (Lipinski definition) is 6. The van der Waals surface area contributed by atoms with Crippen molar-refractivity contribution in [2.45, 2.75) is 17.9 Å². The zero-order chi connectivity index (χ0) is 24.6. The highest BCUT2D eigenvalue weighted by Crippen LogP contribution is 2.29. The summed E-state index contributed by atoms with van der Waals surface area (Å²) in [6.07, 6.45) is 0.381. The van der Waals surface area contributed by atoms with Crippen molar-refractivity contribution >= 4 is 27.4 Å². The van der Waals surface area contributed by atoms with Gasteiger partial charge in [0.15, 0.2) is 5.82 Å². The molecule has 2 aliphatic heterocycles. The Kier molecular flexibility index (Phi) is 6.30. The summed E-state index contributed by atoms with van der Waals surface area (Å²) in [5.74, 6) is -0.848. The van der Waals surface area contributed by atoms with Gasteiger partial charge in [0.05, 0.1) is 0 Å². The van der Waals surface area contributed by atoms with Crippen LogP contribution in [0.5, 0.6) is 0 Å². The Bertz CT molecular complexity index is 1330. The first kappa shape index (κ1) is 23.5. The predicted molar refractivity (Wildman–Crippen MR) is 130 cm³/mol. The summed E-state index contributed by atoms with van der Waals surface area (Å²) < 4.78 is 41.5. The first-order chi connectivity index (χ1) is 16.8. The van der Waals surface area contributed by atoms with Gasteiger partial charge in [-0.05, 0) is 43.4 Å². The minimum absolute atomic E-state index is 0.0134. The van der Waals surface area contributed by atoms with Crippen LogP contribution in [0.25, 0.3) is 0 Å². The number of halogens is 1. The Labute approximate surface area is 203 Å². The molecule has 35 heavy (non-hydrogen) atoms. The molecule has 0 bridgehead atoms. The van der Waals surface area contributed by atoms with E-state index in [-0.39, 0.29) is 29.7 Å². The molecular formula is C24H27FN6O3S. The van der Waals surface area contributed by atoms with E-state index in [1.54, 1.807) is 12.1 Å². The summed E-state index contributed by atoms with van der Waals surface area (Å²) in [6.45, 7) is 4.04. The fourth-order valence-electron chi connectivity index (χ4n) is 4.44. The Hall–Kier alpha value is -3.28. The quantitative estimate of drug-likeness (QED) is 0.560. The largest absolute Gasteiger partial charge is 0.369 e. The van der Waals surface area contributed by atoms with Crippen molar-refractivity contribution in [3.8, 4) is 0 Å². The van der Waals surface area contributed by atoms with Crippen LogP contribution in [0.2, 0.25) is 0 Å². The number of likely N-dealkylation sites (N-methyl/N-ethyl adjacent to an activating group) is 1. The third kappa shape index (κ3) is 4.66. The van der Waals surface area contributed by atoms with Crippen LogP contribution < -0.4 is 10.2 Å². The molecule has 0 radical (unpaired) electrons. The average molecular weight is 499 g/mol. The summed E-state index contributed by atoms with van der Waals surface area (Å²) in [7, 11) is -1.93. The van der Waals surface area contributed by atoms with Gasteiger partial charge in [-0.2, -0.15) is 9.40 Å². The SMILES string of the molecule is CN1CCN(c2ccc(C(=O)Nc3n[nH]c4c3CN(S(=O)(=O)c3ccccc3F)CC4)cc2)CC1. The van der Waals surface area contributed by atoms with Gasteiger partial charge in [0.25, 0.3) is 5.91 Å². The van der Waals surface area contributed by atoms with Crippen LogP contribution in [0, 0.1) is 5.82 Å². The monoisotopic (exact) mass is 498 g/mol. The smallest absolute Gasteiger partial charge is 0.256 e. The molecule has 1 aromatic heterocycles. The number of nitrogens with one attached hydrogen (secondary N) is 2. The summed E-state index contributed by atoms with van der Waals surface area (Å²) in [6, 6.07) is 12.7. The van der Waals surface area contributed by atoms with E-state index in [0.717, 1.165) is 43.6 Å². The van der Waals surface area contributed by atoms with Crippen LogP contribution in [0.15, 0.2) is 53.4 Å². The maximum Gasteiger partial charge on any atom is 0.256 e. The van der Waals surface area contributed by atoms with Gasteiger partial charge in [-0.1, -0.05) is 12.1 Å². The van der Waals surface area contributed by atoms with Gasteiger partial charge in [-0.15, -0.1) is 0 Å². The molecule has 11 heteroatoms. The lowest BCUT2D eigenvalue weighted by molar-refractivity contribution is 0.102. The standard InChI is InChI=1S/C24H27FN6O3S/c1-29-12-14-30(15-13-29)18-8-6-17(7-9-18)24(32)26-23-19-16-31(11-10-21(19)27-28-23)35(33,34)22-5-3-2-4-20(22)25/h2-9H,10-16H2,1H3,(H2,26,27,28,32). The summed E-state index contributed by atoms with van der Waals surface area (Å²) >= 11 is 0. The summed E-state index contributed by atoms with van der Waals surface area (Å²) in [5.41, 5.74) is 2.89. The minimum atomic E-state index is -4.03. The van der Waals surface area contributed by atoms with Crippen molar-refractivity contribution in [3.63, 3.8) is 0 Å². The highest BCUT2D eigenvalue weighted by molar-refractivity contribution is 7.89. The molecule has 5 rings (SSSR count).